The van der Waals surface area contributed by atoms with E-state index in [1.54, 1.807) is 17.6 Å². The highest BCUT2D eigenvalue weighted by Crippen LogP contribution is 2.25. The van der Waals surface area contributed by atoms with Gasteiger partial charge in [0.15, 0.2) is 0 Å². The van der Waals surface area contributed by atoms with Crippen LogP contribution in [-0.2, 0) is 6.54 Å². The molecule has 0 unspecified atom stereocenters. The smallest absolute Gasteiger partial charge is 0.260 e. The van der Waals surface area contributed by atoms with E-state index in [2.05, 4.69) is 18.4 Å². The maximum absolute atomic E-state index is 12.9. The van der Waals surface area contributed by atoms with E-state index in [1.165, 1.54) is 0 Å². The van der Waals surface area contributed by atoms with Crippen LogP contribution in [0.1, 0.15) is 20.3 Å². The molecular formula is C22H23N3O2. The molecule has 2 aromatic carbocycles. The minimum Gasteiger partial charge on any atom is -0.497 e. The molecule has 5 heteroatoms. The molecule has 4 rings (SSSR count). The van der Waals surface area contributed by atoms with Gasteiger partial charge >= 0.3 is 0 Å². The Labute approximate surface area is 157 Å². The molecule has 0 aliphatic heterocycles. The van der Waals surface area contributed by atoms with Crippen molar-refractivity contribution < 1.29 is 4.74 Å². The van der Waals surface area contributed by atoms with Gasteiger partial charge < -0.3 is 9.30 Å². The lowest BCUT2D eigenvalue weighted by atomic mass is 10.1. The fourth-order valence-electron chi connectivity index (χ4n) is 3.39. The van der Waals surface area contributed by atoms with Gasteiger partial charge in [0.05, 0.1) is 23.8 Å². The first-order chi connectivity index (χ1) is 13.1. The molecular weight excluding hydrogens is 338 g/mol. The zero-order valence-electron chi connectivity index (χ0n) is 15.8. The third-order valence-electron chi connectivity index (χ3n) is 4.87. The number of nitrogens with zero attached hydrogens (tertiary/aromatic N) is 3. The Morgan fingerprint density at radius 3 is 2.52 bits per heavy atom. The molecule has 0 amide bonds. The Bertz CT molecular complexity index is 1150. The van der Waals surface area contributed by atoms with Crippen LogP contribution in [-0.4, -0.2) is 21.1 Å². The summed E-state index contributed by atoms with van der Waals surface area (Å²) in [6.07, 6.45) is 1.00. The van der Waals surface area contributed by atoms with Gasteiger partial charge in [0.25, 0.3) is 5.56 Å². The first kappa shape index (κ1) is 17.3. The number of rotatable bonds is 5. The number of aromatic nitrogens is 3. The summed E-state index contributed by atoms with van der Waals surface area (Å²) in [5.41, 5.74) is 3.47. The highest BCUT2D eigenvalue weighted by Gasteiger charge is 2.15. The summed E-state index contributed by atoms with van der Waals surface area (Å²) in [6, 6.07) is 17.3. The van der Waals surface area contributed by atoms with E-state index in [1.807, 2.05) is 48.5 Å². The van der Waals surface area contributed by atoms with Crippen LogP contribution in [0.4, 0.5) is 0 Å². The molecule has 0 aliphatic rings. The Kier molecular flexibility index (Phi) is 4.44. The average Bonchev–Trinajstić information content (AvgIpc) is 3.07. The normalized spacial score (nSPS) is 11.6. The number of aryl methyl sites for hydroxylation is 1. The summed E-state index contributed by atoms with van der Waals surface area (Å²) in [4.78, 5) is 17.7. The van der Waals surface area contributed by atoms with Crippen molar-refractivity contribution in [3.63, 3.8) is 0 Å². The summed E-state index contributed by atoms with van der Waals surface area (Å²) in [5.74, 6) is 2.04. The maximum Gasteiger partial charge on any atom is 0.260 e. The van der Waals surface area contributed by atoms with Crippen LogP contribution in [0.3, 0.4) is 0 Å². The van der Waals surface area contributed by atoms with E-state index in [9.17, 15) is 4.79 Å². The Balaban J connectivity index is 2.00. The van der Waals surface area contributed by atoms with Gasteiger partial charge in [0.1, 0.15) is 5.75 Å². The predicted octanol–water partition coefficient (Wildman–Crippen LogP) is 4.37. The SMILES string of the molecule is COc1ccc(-c2cc(=O)n3c4ccccc4nc3n2CCC(C)C)cc1. The van der Waals surface area contributed by atoms with Gasteiger partial charge in [-0.1, -0.05) is 26.0 Å². The van der Waals surface area contributed by atoms with E-state index in [-0.39, 0.29) is 5.56 Å². The number of benzene rings is 2. The molecule has 0 fully saturated rings. The molecule has 2 aromatic heterocycles. The second kappa shape index (κ2) is 6.91. The number of fused-ring (bicyclic) bond motifs is 3. The molecule has 0 N–H and O–H groups in total. The number of methoxy groups -OCH3 is 1. The maximum atomic E-state index is 12.9. The van der Waals surface area contributed by atoms with Crippen LogP contribution < -0.4 is 10.3 Å². The lowest BCUT2D eigenvalue weighted by Crippen LogP contribution is -2.19. The molecule has 0 aliphatic carbocycles. The van der Waals surface area contributed by atoms with E-state index in [0.717, 1.165) is 41.0 Å². The van der Waals surface area contributed by atoms with Gasteiger partial charge in [-0.15, -0.1) is 0 Å². The van der Waals surface area contributed by atoms with Crippen LogP contribution in [0.15, 0.2) is 59.4 Å². The third kappa shape index (κ3) is 3.10. The molecule has 5 nitrogen and oxygen atoms in total. The van der Waals surface area contributed by atoms with Gasteiger partial charge in [0, 0.05) is 12.6 Å². The van der Waals surface area contributed by atoms with E-state index in [0.29, 0.717) is 11.7 Å². The van der Waals surface area contributed by atoms with Crippen LogP contribution in [0.25, 0.3) is 28.1 Å². The Hall–Kier alpha value is -3.08. The lowest BCUT2D eigenvalue weighted by Gasteiger charge is -2.16. The summed E-state index contributed by atoms with van der Waals surface area (Å²) in [7, 11) is 1.65. The van der Waals surface area contributed by atoms with Crippen LogP contribution >= 0.6 is 0 Å². The topological polar surface area (TPSA) is 48.5 Å². The molecule has 0 atom stereocenters. The highest BCUT2D eigenvalue weighted by molar-refractivity contribution is 5.80. The zero-order chi connectivity index (χ0) is 19.0. The summed E-state index contributed by atoms with van der Waals surface area (Å²) >= 11 is 0. The Morgan fingerprint density at radius 1 is 1.07 bits per heavy atom. The van der Waals surface area contributed by atoms with Crippen LogP contribution in [0.5, 0.6) is 5.75 Å². The Morgan fingerprint density at radius 2 is 1.81 bits per heavy atom. The fourth-order valence-corrected chi connectivity index (χ4v) is 3.39. The lowest BCUT2D eigenvalue weighted by molar-refractivity contribution is 0.415. The second-order valence-corrected chi connectivity index (χ2v) is 7.17. The molecule has 0 spiro atoms. The van der Waals surface area contributed by atoms with Crippen molar-refractivity contribution in [1.29, 1.82) is 0 Å². The van der Waals surface area contributed by atoms with Gasteiger partial charge in [-0.3, -0.25) is 4.79 Å². The van der Waals surface area contributed by atoms with Crippen molar-refractivity contribution >= 4 is 16.8 Å². The van der Waals surface area contributed by atoms with E-state index < -0.39 is 0 Å². The highest BCUT2D eigenvalue weighted by atomic mass is 16.5. The quantitative estimate of drug-likeness (QED) is 0.530. The number of ether oxygens (including phenoxy) is 1. The monoisotopic (exact) mass is 361 g/mol. The van der Waals surface area contributed by atoms with Crippen molar-refractivity contribution in [2.45, 2.75) is 26.8 Å². The largest absolute Gasteiger partial charge is 0.497 e. The van der Waals surface area contributed by atoms with E-state index >= 15 is 0 Å². The summed E-state index contributed by atoms with van der Waals surface area (Å²) < 4.78 is 9.13. The van der Waals surface area contributed by atoms with Crippen molar-refractivity contribution in [1.82, 2.24) is 14.0 Å². The second-order valence-electron chi connectivity index (χ2n) is 7.17. The minimum atomic E-state index is -0.0645. The standard InChI is InChI=1S/C22H23N3O2/c1-15(2)12-13-24-20(16-8-10-17(27-3)11-9-16)14-21(26)25-19-7-5-4-6-18(19)23-22(24)25/h4-11,14-15H,12-13H2,1-3H3. The number of hydrogen-bond donors (Lipinski definition) is 0. The van der Waals surface area contributed by atoms with Crippen molar-refractivity contribution in [2.75, 3.05) is 7.11 Å². The molecule has 4 aromatic rings. The zero-order valence-corrected chi connectivity index (χ0v) is 15.8. The minimum absolute atomic E-state index is 0.0645. The van der Waals surface area contributed by atoms with Crippen molar-refractivity contribution in [3.8, 4) is 17.0 Å². The molecule has 0 saturated carbocycles. The van der Waals surface area contributed by atoms with Gasteiger partial charge in [-0.2, -0.15) is 0 Å². The summed E-state index contributed by atoms with van der Waals surface area (Å²) in [5, 5.41) is 0. The first-order valence-electron chi connectivity index (χ1n) is 9.24. The van der Waals surface area contributed by atoms with Crippen LogP contribution in [0.2, 0.25) is 0 Å². The molecule has 2 heterocycles. The average molecular weight is 361 g/mol. The van der Waals surface area contributed by atoms with Crippen molar-refractivity contribution in [2.24, 2.45) is 5.92 Å². The summed E-state index contributed by atoms with van der Waals surface area (Å²) in [6.45, 7) is 5.20. The molecule has 0 radical (unpaired) electrons. The molecule has 138 valence electrons. The molecule has 27 heavy (non-hydrogen) atoms. The number of para-hydroxylation sites is 2. The van der Waals surface area contributed by atoms with Crippen LogP contribution in [0, 0.1) is 5.92 Å². The third-order valence-corrected chi connectivity index (χ3v) is 4.87. The molecule has 0 saturated heterocycles. The number of imidazole rings is 1. The van der Waals surface area contributed by atoms with Gasteiger partial charge in [-0.05, 0) is 54.3 Å². The van der Waals surface area contributed by atoms with Gasteiger partial charge in [-0.25, -0.2) is 9.38 Å². The molecule has 0 bridgehead atoms. The fraction of sp³-hybridized carbons (Fsp3) is 0.273. The first-order valence-corrected chi connectivity index (χ1v) is 9.24. The number of hydrogen-bond acceptors (Lipinski definition) is 3. The predicted molar refractivity (Wildman–Crippen MR) is 108 cm³/mol. The van der Waals surface area contributed by atoms with E-state index in [4.69, 9.17) is 9.72 Å². The van der Waals surface area contributed by atoms with Crippen molar-refractivity contribution in [3.05, 3.63) is 65.0 Å². The van der Waals surface area contributed by atoms with Gasteiger partial charge in [0.2, 0.25) is 5.78 Å².